The molecule has 0 bridgehead atoms. The van der Waals surface area contributed by atoms with Gasteiger partial charge >= 0.3 is 0 Å². The Balaban J connectivity index is 2.75. The van der Waals surface area contributed by atoms with Crippen LogP contribution in [0.4, 0.5) is 0 Å². The molecule has 0 unspecified atom stereocenters. The molecule has 1 aliphatic rings. The minimum Gasteiger partial charge on any atom is -0.384 e. The second kappa shape index (κ2) is 6.02. The lowest BCUT2D eigenvalue weighted by atomic mass is 9.78. The number of amides is 1. The predicted molar refractivity (Wildman–Crippen MR) is 73.5 cm³/mol. The normalized spacial score (nSPS) is 19.6. The van der Waals surface area contributed by atoms with Crippen LogP contribution in [0.1, 0.15) is 33.6 Å². The van der Waals surface area contributed by atoms with Crippen LogP contribution in [0, 0.1) is 10.8 Å². The number of piperidine rings is 1. The van der Waals surface area contributed by atoms with Gasteiger partial charge in [0.2, 0.25) is 5.91 Å². The van der Waals surface area contributed by atoms with Crippen molar-refractivity contribution in [1.82, 2.24) is 10.2 Å². The second-order valence-electron chi connectivity index (χ2n) is 6.69. The first kappa shape index (κ1) is 15.4. The third-order valence-corrected chi connectivity index (χ3v) is 3.49. The van der Waals surface area contributed by atoms with E-state index in [9.17, 15) is 4.79 Å². The lowest BCUT2D eigenvalue weighted by Gasteiger charge is -2.40. The van der Waals surface area contributed by atoms with Crippen molar-refractivity contribution in [3.8, 4) is 0 Å². The lowest BCUT2D eigenvalue weighted by molar-refractivity contribution is -0.147. The molecule has 18 heavy (non-hydrogen) atoms. The van der Waals surface area contributed by atoms with Gasteiger partial charge in [-0.3, -0.25) is 4.79 Å². The van der Waals surface area contributed by atoms with Gasteiger partial charge in [0, 0.05) is 20.7 Å². The minimum absolute atomic E-state index is 0.131. The van der Waals surface area contributed by atoms with E-state index in [1.54, 1.807) is 7.11 Å². The van der Waals surface area contributed by atoms with Crippen LogP contribution in [0.3, 0.4) is 0 Å². The molecule has 1 amide bonds. The molecule has 0 aliphatic carbocycles. The van der Waals surface area contributed by atoms with Crippen molar-refractivity contribution < 1.29 is 9.53 Å². The molecular weight excluding hydrogens is 228 g/mol. The van der Waals surface area contributed by atoms with Gasteiger partial charge < -0.3 is 15.0 Å². The van der Waals surface area contributed by atoms with Crippen molar-refractivity contribution in [1.29, 1.82) is 0 Å². The highest BCUT2D eigenvalue weighted by Gasteiger charge is 2.41. The highest BCUT2D eigenvalue weighted by molar-refractivity contribution is 5.83. The average molecular weight is 256 g/mol. The van der Waals surface area contributed by atoms with Gasteiger partial charge in [-0.2, -0.15) is 0 Å². The lowest BCUT2D eigenvalue weighted by Crippen LogP contribution is -2.51. The number of nitrogens with one attached hydrogen (secondary N) is 1. The molecule has 1 heterocycles. The minimum atomic E-state index is -0.319. The maximum Gasteiger partial charge on any atom is 0.230 e. The Labute approximate surface area is 111 Å². The standard InChI is InChI=1S/C14H28N2O2/c1-13(2,3)10-16(4)12(17)14(11-18-5)6-8-15-9-7-14/h15H,6-11H2,1-5H3. The molecule has 1 fully saturated rings. The molecule has 1 N–H and O–H groups in total. The van der Waals surface area contributed by atoms with Gasteiger partial charge in [0.15, 0.2) is 0 Å². The summed E-state index contributed by atoms with van der Waals surface area (Å²) in [4.78, 5) is 14.6. The quantitative estimate of drug-likeness (QED) is 0.829. The molecule has 1 saturated heterocycles. The number of rotatable bonds is 4. The Morgan fingerprint density at radius 3 is 2.33 bits per heavy atom. The molecule has 0 aromatic heterocycles. The van der Waals surface area contributed by atoms with Crippen LogP contribution in [0.25, 0.3) is 0 Å². The van der Waals surface area contributed by atoms with Crippen LogP contribution < -0.4 is 5.32 Å². The zero-order chi connectivity index (χ0) is 13.8. The maximum atomic E-state index is 12.7. The summed E-state index contributed by atoms with van der Waals surface area (Å²) in [6.07, 6.45) is 1.74. The van der Waals surface area contributed by atoms with E-state index >= 15 is 0 Å². The summed E-state index contributed by atoms with van der Waals surface area (Å²) >= 11 is 0. The number of carbonyl (C=O) groups is 1. The number of carbonyl (C=O) groups excluding carboxylic acids is 1. The first-order valence-corrected chi connectivity index (χ1v) is 6.76. The molecule has 0 aromatic rings. The average Bonchev–Trinajstić information content (AvgIpc) is 2.27. The Kier molecular flexibility index (Phi) is 5.17. The maximum absolute atomic E-state index is 12.7. The third kappa shape index (κ3) is 3.95. The topological polar surface area (TPSA) is 41.6 Å². The number of nitrogens with zero attached hydrogens (tertiary/aromatic N) is 1. The zero-order valence-corrected chi connectivity index (χ0v) is 12.5. The van der Waals surface area contributed by atoms with Gasteiger partial charge in [-0.25, -0.2) is 0 Å². The van der Waals surface area contributed by atoms with Gasteiger partial charge in [-0.15, -0.1) is 0 Å². The largest absolute Gasteiger partial charge is 0.384 e. The van der Waals surface area contributed by atoms with E-state index in [-0.39, 0.29) is 16.7 Å². The Hall–Kier alpha value is -0.610. The van der Waals surface area contributed by atoms with E-state index < -0.39 is 0 Å². The van der Waals surface area contributed by atoms with Crippen molar-refractivity contribution in [2.75, 3.05) is 40.4 Å². The van der Waals surface area contributed by atoms with E-state index in [0.717, 1.165) is 32.5 Å². The fourth-order valence-electron chi connectivity index (χ4n) is 2.79. The fourth-order valence-corrected chi connectivity index (χ4v) is 2.79. The van der Waals surface area contributed by atoms with Crippen LogP contribution in [-0.2, 0) is 9.53 Å². The van der Waals surface area contributed by atoms with Gasteiger partial charge in [-0.05, 0) is 31.3 Å². The Bertz CT molecular complexity index is 272. The SMILES string of the molecule is COCC1(C(=O)N(C)CC(C)(C)C)CCNCC1. The van der Waals surface area contributed by atoms with Gasteiger partial charge in [0.25, 0.3) is 0 Å². The van der Waals surface area contributed by atoms with E-state index in [4.69, 9.17) is 4.74 Å². The molecular formula is C14H28N2O2. The van der Waals surface area contributed by atoms with Crippen molar-refractivity contribution in [2.45, 2.75) is 33.6 Å². The van der Waals surface area contributed by atoms with Crippen LogP contribution in [0.15, 0.2) is 0 Å². The van der Waals surface area contributed by atoms with Crippen molar-refractivity contribution in [2.24, 2.45) is 10.8 Å². The van der Waals surface area contributed by atoms with Crippen LogP contribution in [0.5, 0.6) is 0 Å². The number of hydrogen-bond donors (Lipinski definition) is 1. The summed E-state index contributed by atoms with van der Waals surface area (Å²) in [6, 6.07) is 0. The summed E-state index contributed by atoms with van der Waals surface area (Å²) in [5.41, 5.74) is -0.189. The van der Waals surface area contributed by atoms with Crippen LogP contribution in [0.2, 0.25) is 0 Å². The summed E-state index contributed by atoms with van der Waals surface area (Å²) in [6.45, 7) is 9.58. The Morgan fingerprint density at radius 2 is 1.89 bits per heavy atom. The third-order valence-electron chi connectivity index (χ3n) is 3.49. The molecule has 0 spiro atoms. The van der Waals surface area contributed by atoms with E-state index in [2.05, 4.69) is 26.1 Å². The first-order valence-electron chi connectivity index (χ1n) is 6.76. The molecule has 4 heteroatoms. The van der Waals surface area contributed by atoms with Crippen molar-refractivity contribution >= 4 is 5.91 Å². The molecule has 0 radical (unpaired) electrons. The second-order valence-corrected chi connectivity index (χ2v) is 6.69. The Morgan fingerprint density at radius 1 is 1.33 bits per heavy atom. The predicted octanol–water partition coefficient (Wildman–Crippen LogP) is 1.51. The highest BCUT2D eigenvalue weighted by atomic mass is 16.5. The zero-order valence-electron chi connectivity index (χ0n) is 12.5. The molecule has 1 rings (SSSR count). The number of methoxy groups -OCH3 is 1. The molecule has 0 aromatic carbocycles. The number of ether oxygens (including phenoxy) is 1. The summed E-state index contributed by atoms with van der Waals surface area (Å²) < 4.78 is 5.31. The molecule has 106 valence electrons. The molecule has 0 saturated carbocycles. The first-order chi connectivity index (χ1) is 8.31. The monoisotopic (exact) mass is 256 g/mol. The molecule has 1 aliphatic heterocycles. The van der Waals surface area contributed by atoms with E-state index in [0.29, 0.717) is 6.61 Å². The highest BCUT2D eigenvalue weighted by Crippen LogP contribution is 2.32. The smallest absolute Gasteiger partial charge is 0.230 e. The van der Waals surface area contributed by atoms with Gasteiger partial charge in [-0.1, -0.05) is 20.8 Å². The van der Waals surface area contributed by atoms with E-state index in [1.165, 1.54) is 0 Å². The summed E-state index contributed by atoms with van der Waals surface area (Å²) in [5, 5.41) is 3.31. The van der Waals surface area contributed by atoms with Crippen molar-refractivity contribution in [3.05, 3.63) is 0 Å². The molecule has 0 atom stereocenters. The van der Waals surface area contributed by atoms with E-state index in [1.807, 2.05) is 11.9 Å². The van der Waals surface area contributed by atoms with Crippen molar-refractivity contribution in [3.63, 3.8) is 0 Å². The van der Waals surface area contributed by atoms with Gasteiger partial charge in [0.05, 0.1) is 12.0 Å². The fraction of sp³-hybridized carbons (Fsp3) is 0.929. The summed E-state index contributed by atoms with van der Waals surface area (Å²) in [7, 11) is 3.59. The summed E-state index contributed by atoms with van der Waals surface area (Å²) in [5.74, 6) is 0.237. The molecule has 4 nitrogen and oxygen atoms in total. The number of hydrogen-bond acceptors (Lipinski definition) is 3. The van der Waals surface area contributed by atoms with Crippen LogP contribution in [-0.4, -0.2) is 51.2 Å². The van der Waals surface area contributed by atoms with Crippen LogP contribution >= 0.6 is 0 Å². The van der Waals surface area contributed by atoms with Gasteiger partial charge in [0.1, 0.15) is 0 Å².